The summed E-state index contributed by atoms with van der Waals surface area (Å²) in [6, 6.07) is 12.5. The molecule has 0 aliphatic carbocycles. The van der Waals surface area contributed by atoms with Gasteiger partial charge < -0.3 is 18.6 Å². The molecule has 0 aliphatic heterocycles. The first kappa shape index (κ1) is 20.2. The van der Waals surface area contributed by atoms with E-state index >= 15 is 0 Å². The van der Waals surface area contributed by atoms with E-state index in [-0.39, 0.29) is 13.2 Å². The third-order valence-corrected chi connectivity index (χ3v) is 4.58. The summed E-state index contributed by atoms with van der Waals surface area (Å²) in [5, 5.41) is 0. The number of aromatic nitrogens is 3. The Morgan fingerprint density at radius 2 is 1.87 bits per heavy atom. The van der Waals surface area contributed by atoms with Crippen molar-refractivity contribution in [3.05, 3.63) is 90.0 Å². The molecule has 0 atom stereocenters. The maximum absolute atomic E-state index is 12.5. The number of ether oxygens (including phenoxy) is 3. The Labute approximate surface area is 179 Å². The van der Waals surface area contributed by atoms with E-state index in [0.717, 1.165) is 11.3 Å². The van der Waals surface area contributed by atoms with Gasteiger partial charge >= 0.3 is 5.97 Å². The van der Waals surface area contributed by atoms with Crippen LogP contribution in [0.15, 0.2) is 71.8 Å². The smallest absolute Gasteiger partial charge is 0.342 e. The molecule has 4 rings (SSSR count). The number of furan rings is 1. The zero-order valence-corrected chi connectivity index (χ0v) is 17.1. The second-order valence-electron chi connectivity index (χ2n) is 6.72. The molecular formula is C23H21N3O5. The van der Waals surface area contributed by atoms with Gasteiger partial charge in [0.1, 0.15) is 53.9 Å². The lowest BCUT2D eigenvalue weighted by Gasteiger charge is -2.06. The molecule has 3 aromatic heterocycles. The van der Waals surface area contributed by atoms with Crippen molar-refractivity contribution < 1.29 is 23.4 Å². The number of hydrogen-bond acceptors (Lipinski definition) is 7. The second-order valence-corrected chi connectivity index (χ2v) is 6.72. The van der Waals surface area contributed by atoms with Gasteiger partial charge in [0.2, 0.25) is 0 Å². The Kier molecular flexibility index (Phi) is 5.98. The van der Waals surface area contributed by atoms with Crippen LogP contribution in [0.5, 0.6) is 11.5 Å². The SMILES string of the molecule is COc1ccc(OCc2cc(C(=O)OCc3ccnc(-n4ccnc4)c3)c(C)o2)cc1. The highest BCUT2D eigenvalue weighted by Gasteiger charge is 2.17. The van der Waals surface area contributed by atoms with Crippen LogP contribution < -0.4 is 9.47 Å². The molecule has 0 bridgehead atoms. The Balaban J connectivity index is 1.35. The molecule has 4 aromatic rings. The Hall–Kier alpha value is -4.07. The molecule has 0 amide bonds. The van der Waals surface area contributed by atoms with Gasteiger partial charge in [-0.1, -0.05) is 0 Å². The van der Waals surface area contributed by atoms with E-state index in [2.05, 4.69) is 9.97 Å². The van der Waals surface area contributed by atoms with E-state index in [4.69, 9.17) is 18.6 Å². The van der Waals surface area contributed by atoms with Crippen LogP contribution >= 0.6 is 0 Å². The summed E-state index contributed by atoms with van der Waals surface area (Å²) in [5.74, 6) is 2.67. The van der Waals surface area contributed by atoms with Crippen molar-refractivity contribution in [2.45, 2.75) is 20.1 Å². The predicted molar refractivity (Wildman–Crippen MR) is 111 cm³/mol. The Morgan fingerprint density at radius 3 is 2.61 bits per heavy atom. The normalized spacial score (nSPS) is 10.6. The monoisotopic (exact) mass is 419 g/mol. The predicted octanol–water partition coefficient (Wildman–Crippen LogP) is 4.11. The average molecular weight is 419 g/mol. The molecular weight excluding hydrogens is 398 g/mol. The van der Waals surface area contributed by atoms with Crippen molar-refractivity contribution in [2.24, 2.45) is 0 Å². The number of carbonyl (C=O) groups excluding carboxylic acids is 1. The van der Waals surface area contributed by atoms with Gasteiger partial charge in [-0.25, -0.2) is 14.8 Å². The number of carbonyl (C=O) groups is 1. The summed E-state index contributed by atoms with van der Waals surface area (Å²) >= 11 is 0. The van der Waals surface area contributed by atoms with E-state index < -0.39 is 5.97 Å². The molecule has 8 heteroatoms. The minimum atomic E-state index is -0.460. The molecule has 0 unspecified atom stereocenters. The number of rotatable bonds is 8. The lowest BCUT2D eigenvalue weighted by molar-refractivity contribution is 0.0470. The number of pyridine rings is 1. The minimum Gasteiger partial charge on any atom is -0.497 e. The van der Waals surface area contributed by atoms with E-state index in [1.54, 1.807) is 67.8 Å². The first-order chi connectivity index (χ1) is 15.1. The standard InChI is InChI=1S/C23H21N3O5/c1-16-21(12-20(31-16)14-29-19-5-3-18(28-2)4-6-19)23(27)30-13-17-7-8-25-22(11-17)26-10-9-24-15-26/h3-12,15H,13-14H2,1-2H3. The van der Waals surface area contributed by atoms with Crippen molar-refractivity contribution in [3.63, 3.8) is 0 Å². The molecule has 0 saturated carbocycles. The second kappa shape index (κ2) is 9.17. The van der Waals surface area contributed by atoms with Crippen LogP contribution in [0.25, 0.3) is 5.82 Å². The summed E-state index contributed by atoms with van der Waals surface area (Å²) in [7, 11) is 1.61. The van der Waals surface area contributed by atoms with Crippen LogP contribution in [-0.2, 0) is 18.0 Å². The highest BCUT2D eigenvalue weighted by atomic mass is 16.5. The number of esters is 1. The summed E-state index contributed by atoms with van der Waals surface area (Å²) in [5.41, 5.74) is 1.19. The fourth-order valence-electron chi connectivity index (χ4n) is 2.96. The third kappa shape index (κ3) is 4.92. The molecule has 0 saturated heterocycles. The fraction of sp³-hybridized carbons (Fsp3) is 0.174. The first-order valence-corrected chi connectivity index (χ1v) is 9.59. The zero-order chi connectivity index (χ0) is 21.6. The number of imidazole rings is 1. The highest BCUT2D eigenvalue weighted by molar-refractivity contribution is 5.90. The van der Waals surface area contributed by atoms with Crippen LogP contribution in [0, 0.1) is 6.92 Å². The number of benzene rings is 1. The zero-order valence-electron chi connectivity index (χ0n) is 17.1. The van der Waals surface area contributed by atoms with Crippen LogP contribution in [0.1, 0.15) is 27.4 Å². The Morgan fingerprint density at radius 1 is 1.06 bits per heavy atom. The summed E-state index contributed by atoms with van der Waals surface area (Å²) in [4.78, 5) is 20.8. The van der Waals surface area contributed by atoms with Crippen molar-refractivity contribution in [1.82, 2.24) is 14.5 Å². The summed E-state index contributed by atoms with van der Waals surface area (Å²) in [6.45, 7) is 2.03. The minimum absolute atomic E-state index is 0.116. The molecule has 3 heterocycles. The van der Waals surface area contributed by atoms with Crippen LogP contribution in [0.4, 0.5) is 0 Å². The maximum atomic E-state index is 12.5. The number of aryl methyl sites for hydroxylation is 1. The van der Waals surface area contributed by atoms with Crippen molar-refractivity contribution in [1.29, 1.82) is 0 Å². The van der Waals surface area contributed by atoms with Gasteiger partial charge in [0.25, 0.3) is 0 Å². The van der Waals surface area contributed by atoms with Crippen molar-refractivity contribution in [2.75, 3.05) is 7.11 Å². The maximum Gasteiger partial charge on any atom is 0.342 e. The lowest BCUT2D eigenvalue weighted by atomic mass is 10.2. The van der Waals surface area contributed by atoms with Gasteiger partial charge in [-0.2, -0.15) is 0 Å². The molecule has 31 heavy (non-hydrogen) atoms. The van der Waals surface area contributed by atoms with Crippen molar-refractivity contribution >= 4 is 5.97 Å². The van der Waals surface area contributed by atoms with Gasteiger partial charge in [0, 0.05) is 18.6 Å². The number of nitrogens with zero attached hydrogens (tertiary/aromatic N) is 3. The molecule has 8 nitrogen and oxygen atoms in total. The van der Waals surface area contributed by atoms with Crippen LogP contribution in [0.3, 0.4) is 0 Å². The van der Waals surface area contributed by atoms with E-state index in [1.807, 2.05) is 18.2 Å². The topological polar surface area (TPSA) is 88.6 Å². The van der Waals surface area contributed by atoms with Gasteiger partial charge in [0.05, 0.1) is 7.11 Å². The Bertz CT molecular complexity index is 1150. The quantitative estimate of drug-likeness (QED) is 0.397. The highest BCUT2D eigenvalue weighted by Crippen LogP contribution is 2.21. The van der Waals surface area contributed by atoms with Gasteiger partial charge in [-0.15, -0.1) is 0 Å². The number of hydrogen-bond donors (Lipinski definition) is 0. The molecule has 1 aromatic carbocycles. The molecule has 0 radical (unpaired) electrons. The molecule has 158 valence electrons. The summed E-state index contributed by atoms with van der Waals surface area (Å²) in [6.07, 6.45) is 6.78. The van der Waals surface area contributed by atoms with E-state index in [1.165, 1.54) is 0 Å². The van der Waals surface area contributed by atoms with E-state index in [0.29, 0.717) is 28.7 Å². The molecule has 0 N–H and O–H groups in total. The fourth-order valence-corrected chi connectivity index (χ4v) is 2.96. The lowest BCUT2D eigenvalue weighted by Crippen LogP contribution is -2.06. The molecule has 0 spiro atoms. The van der Waals surface area contributed by atoms with Gasteiger partial charge in [0.15, 0.2) is 0 Å². The van der Waals surface area contributed by atoms with Crippen LogP contribution in [-0.4, -0.2) is 27.6 Å². The summed E-state index contributed by atoms with van der Waals surface area (Å²) < 4.78 is 23.7. The average Bonchev–Trinajstić information content (AvgIpc) is 3.47. The van der Waals surface area contributed by atoms with Gasteiger partial charge in [-0.05, 0) is 55.0 Å². The third-order valence-electron chi connectivity index (χ3n) is 4.58. The van der Waals surface area contributed by atoms with Crippen LogP contribution in [0.2, 0.25) is 0 Å². The molecule has 0 aliphatic rings. The molecule has 0 fully saturated rings. The number of methoxy groups -OCH3 is 1. The van der Waals surface area contributed by atoms with E-state index in [9.17, 15) is 4.79 Å². The van der Waals surface area contributed by atoms with Gasteiger partial charge in [-0.3, -0.25) is 4.57 Å². The first-order valence-electron chi connectivity index (χ1n) is 9.59. The van der Waals surface area contributed by atoms with Crippen molar-refractivity contribution in [3.8, 4) is 17.3 Å². The largest absolute Gasteiger partial charge is 0.497 e.